The standard InChI is InChI=1S/C58H82N2O18S3/c1-14-59-37-27-72-43(25-41(37)68-10)77-54-50(65)47(32(7)75-57(54)76-40-19-17-15-16-18-21-58(67)26-39(62)31(6)45(40)36(58)20-22-79-81-28(2)3)60-78-44-24-38(61)55(34(9)74-44)80-56(66)46-30(5)29(4)35(51(69-11)52(46)70-12)23-42-49(64)53(71-13)48(63)33(8)73-42/h15-16,20,28,32-34,37-38,40-44,47-50,53-55,57,59-61,63-65,67H,14,22-27H2,1-13H3/b16-15-,36-20+/t32-,33+,34-,37+,38+,40+,41+,42+,43+,44+,47-,48+,49+,50+,53-,54-,55-,57+,58+/m1/s1. The van der Waals surface area contributed by atoms with Crippen molar-refractivity contribution >= 4 is 44.2 Å². The lowest BCUT2D eigenvalue weighted by Crippen LogP contribution is -2.65. The number of nitrogens with one attached hydrogen (secondary N) is 2. The van der Waals surface area contributed by atoms with Crippen molar-refractivity contribution in [2.45, 2.75) is 208 Å². The van der Waals surface area contributed by atoms with Crippen LogP contribution in [0.1, 0.15) is 94.8 Å². The highest BCUT2D eigenvalue weighted by Crippen LogP contribution is 2.46. The van der Waals surface area contributed by atoms with Crippen LogP contribution in [0.5, 0.6) is 11.5 Å². The Morgan fingerprint density at radius 1 is 0.877 bits per heavy atom. The molecule has 7 N–H and O–H groups in total. The van der Waals surface area contributed by atoms with Gasteiger partial charge in [0, 0.05) is 61.2 Å². The molecule has 450 valence electrons. The maximum absolute atomic E-state index is 14.5. The Hall–Kier alpha value is -3.09. The summed E-state index contributed by atoms with van der Waals surface area (Å²) in [4.78, 5) is 34.4. The van der Waals surface area contributed by atoms with E-state index in [0.29, 0.717) is 51.0 Å². The van der Waals surface area contributed by atoms with Crippen LogP contribution in [0.15, 0.2) is 34.9 Å². The number of thioether (sulfide) groups is 1. The molecule has 1 aromatic carbocycles. The van der Waals surface area contributed by atoms with Crippen molar-refractivity contribution in [2.24, 2.45) is 0 Å². The number of carbonyl (C=O) groups is 2. The molecule has 0 aromatic heterocycles. The van der Waals surface area contributed by atoms with Gasteiger partial charge in [-0.1, -0.05) is 83.9 Å². The van der Waals surface area contributed by atoms with Gasteiger partial charge in [0.05, 0.1) is 86.8 Å². The van der Waals surface area contributed by atoms with Gasteiger partial charge in [-0.15, -0.1) is 0 Å². The monoisotopic (exact) mass is 1190 g/mol. The van der Waals surface area contributed by atoms with Crippen LogP contribution in [-0.2, 0) is 53.9 Å². The van der Waals surface area contributed by atoms with Gasteiger partial charge in [0.1, 0.15) is 36.6 Å². The van der Waals surface area contributed by atoms with Gasteiger partial charge in [0.25, 0.3) is 0 Å². The maximum Gasteiger partial charge on any atom is 0.223 e. The number of aliphatic hydroxyl groups excluding tert-OH is 4. The van der Waals surface area contributed by atoms with E-state index in [1.54, 1.807) is 63.3 Å². The van der Waals surface area contributed by atoms with Crippen LogP contribution in [0.2, 0.25) is 0 Å². The van der Waals surface area contributed by atoms with Crippen LogP contribution < -0.4 is 20.3 Å². The third-order valence-electron chi connectivity index (χ3n) is 15.6. The van der Waals surface area contributed by atoms with Crippen LogP contribution in [0.3, 0.4) is 0 Å². The third-order valence-corrected chi connectivity index (χ3v) is 19.8. The van der Waals surface area contributed by atoms with Gasteiger partial charge in [-0.05, 0) is 76.9 Å². The predicted octanol–water partition coefficient (Wildman–Crippen LogP) is 3.94. The molecule has 4 heterocycles. The van der Waals surface area contributed by atoms with Crippen LogP contribution in [0, 0.1) is 37.5 Å². The lowest BCUT2D eigenvalue weighted by molar-refractivity contribution is -0.336. The summed E-state index contributed by atoms with van der Waals surface area (Å²) < 4.78 is 61.7. The second-order valence-electron chi connectivity index (χ2n) is 21.3. The number of Topliss-reactive ketones (excluding diaryl/α,β-unsaturated/α-hetero) is 1. The minimum absolute atomic E-state index is 0.0762. The third kappa shape index (κ3) is 14.9. The first-order valence-electron chi connectivity index (χ1n) is 27.5. The van der Waals surface area contributed by atoms with Crippen molar-refractivity contribution in [1.29, 1.82) is 0 Å². The molecule has 0 spiro atoms. The van der Waals surface area contributed by atoms with Gasteiger partial charge in [0.15, 0.2) is 41.8 Å². The number of methoxy groups -OCH3 is 4. The summed E-state index contributed by atoms with van der Waals surface area (Å²) in [7, 11) is 9.20. The number of hydroxylamine groups is 1. The Morgan fingerprint density at radius 3 is 2.27 bits per heavy atom. The van der Waals surface area contributed by atoms with Crippen molar-refractivity contribution in [3.05, 3.63) is 57.2 Å². The number of benzene rings is 1. The Kier molecular flexibility index (Phi) is 23.7. The van der Waals surface area contributed by atoms with E-state index in [2.05, 4.69) is 48.3 Å². The van der Waals surface area contributed by atoms with Crippen molar-refractivity contribution in [2.75, 3.05) is 47.3 Å². The molecule has 2 aliphatic carbocycles. The number of ether oxygens (including phenoxy) is 10. The van der Waals surface area contributed by atoms with E-state index in [4.69, 9.17) is 52.2 Å². The Bertz CT molecular complexity index is 2590. The average Bonchev–Trinajstić information content (AvgIpc) is 3.46. The summed E-state index contributed by atoms with van der Waals surface area (Å²) in [5.41, 5.74) is 4.38. The molecule has 2 bridgehead atoms. The molecule has 0 saturated carbocycles. The Morgan fingerprint density at radius 2 is 1.60 bits per heavy atom. The van der Waals surface area contributed by atoms with Gasteiger partial charge in [-0.3, -0.25) is 14.4 Å². The van der Waals surface area contributed by atoms with E-state index in [9.17, 15) is 35.1 Å². The second-order valence-corrected chi connectivity index (χ2v) is 25.5. The van der Waals surface area contributed by atoms with Crippen LogP contribution in [-0.4, -0.2) is 204 Å². The highest BCUT2D eigenvalue weighted by Gasteiger charge is 2.51. The van der Waals surface area contributed by atoms with Crippen molar-refractivity contribution in [3.8, 4) is 35.2 Å². The minimum atomic E-state index is -1.84. The number of aliphatic hydroxyl groups is 5. The second kappa shape index (κ2) is 29.3. The number of likely N-dealkylation sites (N-methyl/N-ethyl adjacent to an activating group) is 1. The largest absolute Gasteiger partial charge is 0.493 e. The summed E-state index contributed by atoms with van der Waals surface area (Å²) in [5.74, 6) is 12.5. The topological polar surface area (TPSA) is 261 Å². The van der Waals surface area contributed by atoms with E-state index in [1.807, 2.05) is 19.9 Å². The smallest absolute Gasteiger partial charge is 0.223 e. The van der Waals surface area contributed by atoms with E-state index >= 15 is 0 Å². The highest BCUT2D eigenvalue weighted by molar-refractivity contribution is 8.77. The SMILES string of the molecule is CCN[C@H]1CO[C@@H](O[C@H]2[C@H](O[C@H]3C#C/C=C\C#C[C@]4(O)CC(=O)C(C)=C3/C4=C\CSSC(C)C)O[C@H](C)[C@@H](NO[C@H]3C[C@H](O)[C@H](SC(=O)c4c(C)c(C)c(C[C@@H]5O[C@@H](C)[C@H](O)[C@@H](OC)[C@H]5O)c(OC)c4OC)[C@@H](C)O3)[C@@H]2O)C[C@@H]1OC. The maximum atomic E-state index is 14.5. The lowest BCUT2D eigenvalue weighted by Gasteiger charge is -2.46. The van der Waals surface area contributed by atoms with Gasteiger partial charge < -0.3 is 78.2 Å². The Labute approximate surface area is 488 Å². The van der Waals surface area contributed by atoms with E-state index < -0.39 is 108 Å². The van der Waals surface area contributed by atoms with Crippen molar-refractivity contribution in [1.82, 2.24) is 10.8 Å². The Balaban J connectivity index is 1.09. The molecule has 6 aliphatic rings. The molecule has 4 saturated heterocycles. The lowest BCUT2D eigenvalue weighted by atomic mass is 9.74. The first kappa shape index (κ1) is 65.5. The molecule has 1 aromatic rings. The number of hydrogen-bond acceptors (Lipinski definition) is 23. The van der Waals surface area contributed by atoms with Crippen molar-refractivity contribution in [3.63, 3.8) is 0 Å². The van der Waals surface area contributed by atoms with Crippen LogP contribution in [0.4, 0.5) is 0 Å². The molecule has 19 atom stereocenters. The van der Waals surface area contributed by atoms with E-state index in [1.165, 1.54) is 33.5 Å². The highest BCUT2D eigenvalue weighted by atomic mass is 33.1. The molecular weight excluding hydrogens is 1110 g/mol. The summed E-state index contributed by atoms with van der Waals surface area (Å²) in [5, 5.41) is 60.7. The van der Waals surface area contributed by atoms with Gasteiger partial charge in [0.2, 0.25) is 5.12 Å². The van der Waals surface area contributed by atoms with E-state index in [-0.39, 0.29) is 67.3 Å². The summed E-state index contributed by atoms with van der Waals surface area (Å²) in [6.07, 6.45) is -9.68. The predicted molar refractivity (Wildman–Crippen MR) is 306 cm³/mol. The summed E-state index contributed by atoms with van der Waals surface area (Å²) >= 11 is 0.897. The number of hydrogen-bond donors (Lipinski definition) is 7. The van der Waals surface area contributed by atoms with Gasteiger partial charge >= 0.3 is 0 Å². The molecule has 7 rings (SSSR count). The number of ketones is 1. The summed E-state index contributed by atoms with van der Waals surface area (Å²) in [6, 6.07) is -1.12. The fourth-order valence-corrected chi connectivity index (χ4v) is 14.1. The van der Waals surface area contributed by atoms with Crippen molar-refractivity contribution < 1.29 is 87.3 Å². The number of allylic oxidation sites excluding steroid dienone is 3. The number of carbonyl (C=O) groups excluding carboxylic acids is 2. The van der Waals surface area contributed by atoms with Gasteiger partial charge in [-0.25, -0.2) is 0 Å². The molecule has 0 unspecified atom stereocenters. The zero-order valence-corrected chi connectivity index (χ0v) is 50.9. The van der Waals surface area contributed by atoms with Gasteiger partial charge in [-0.2, -0.15) is 5.48 Å². The summed E-state index contributed by atoms with van der Waals surface area (Å²) in [6.45, 7) is 17.5. The zero-order chi connectivity index (χ0) is 59.0. The molecule has 0 amide bonds. The minimum Gasteiger partial charge on any atom is -0.493 e. The fraction of sp³-hybridized carbons (Fsp3) is 0.690. The molecule has 20 nitrogen and oxygen atoms in total. The first-order valence-corrected chi connectivity index (χ1v) is 30.8. The molecule has 81 heavy (non-hydrogen) atoms. The number of rotatable bonds is 21. The van der Waals surface area contributed by atoms with E-state index in [0.717, 1.165) is 11.8 Å². The first-order chi connectivity index (χ1) is 38.6. The van der Waals surface area contributed by atoms with Crippen LogP contribution >= 0.6 is 33.3 Å². The molecule has 4 fully saturated rings. The normalized spacial score (nSPS) is 37.1. The quantitative estimate of drug-likeness (QED) is 0.0398. The zero-order valence-electron chi connectivity index (χ0n) is 48.4. The van der Waals surface area contributed by atoms with Crippen LogP contribution in [0.25, 0.3) is 0 Å². The molecule has 23 heteroatoms. The molecule has 0 radical (unpaired) electrons. The average molecular weight is 1190 g/mol. The fourth-order valence-electron chi connectivity index (χ4n) is 11.2. The number of fused-ring (bicyclic) bond motifs is 2. The molecular formula is C58H82N2O18S3. The molecule has 4 aliphatic heterocycles.